The number of carbonyl (C=O) groups excluding carboxylic acids is 1. The van der Waals surface area contributed by atoms with Gasteiger partial charge in [0.05, 0.1) is 0 Å². The van der Waals surface area contributed by atoms with Crippen LogP contribution in [0.1, 0.15) is 226 Å². The third-order valence-electron chi connectivity index (χ3n) is 9.01. The quantitative estimate of drug-likeness (QED) is 0.0430. The van der Waals surface area contributed by atoms with Crippen molar-refractivity contribution in [2.45, 2.75) is 232 Å². The Bertz CT molecular complexity index is 629. The Morgan fingerprint density at radius 2 is 0.795 bits per heavy atom. The van der Waals surface area contributed by atoms with Crippen molar-refractivity contribution in [1.82, 2.24) is 0 Å². The van der Waals surface area contributed by atoms with Gasteiger partial charge in [0.15, 0.2) is 6.10 Å². The highest BCUT2D eigenvalue weighted by Crippen LogP contribution is 2.16. The van der Waals surface area contributed by atoms with Gasteiger partial charge in [-0.3, -0.25) is 4.79 Å². The first-order chi connectivity index (χ1) is 21.6. The van der Waals surface area contributed by atoms with Crippen LogP contribution in [-0.2, 0) is 14.3 Å². The van der Waals surface area contributed by atoms with Gasteiger partial charge in [0.2, 0.25) is 0 Å². The number of ether oxygens (including phenoxy) is 1. The highest BCUT2D eigenvalue weighted by atomic mass is 16.6. The molecule has 0 heterocycles. The summed E-state index contributed by atoms with van der Waals surface area (Å²) in [5, 5.41) is 9.49. The molecule has 0 aliphatic rings. The molecule has 44 heavy (non-hydrogen) atoms. The largest absolute Gasteiger partial charge is 0.479 e. The summed E-state index contributed by atoms with van der Waals surface area (Å²) in [6.07, 6.45) is 43.9. The Kier molecular flexibility index (Phi) is 35.1. The average molecular weight is 621 g/mol. The van der Waals surface area contributed by atoms with E-state index >= 15 is 0 Å². The molecule has 0 aromatic carbocycles. The lowest BCUT2D eigenvalue weighted by Gasteiger charge is -2.13. The fourth-order valence-corrected chi connectivity index (χ4v) is 6.02. The van der Waals surface area contributed by atoms with Gasteiger partial charge in [-0.05, 0) is 44.9 Å². The Hall–Kier alpha value is -1.32. The van der Waals surface area contributed by atoms with Gasteiger partial charge >= 0.3 is 11.9 Å². The van der Waals surface area contributed by atoms with Crippen molar-refractivity contribution in [2.24, 2.45) is 0 Å². The van der Waals surface area contributed by atoms with Crippen LogP contribution >= 0.6 is 0 Å². The van der Waals surface area contributed by atoms with Gasteiger partial charge in [0.25, 0.3) is 0 Å². The van der Waals surface area contributed by atoms with Gasteiger partial charge in [-0.25, -0.2) is 4.79 Å². The van der Waals surface area contributed by atoms with Crippen LogP contribution in [0.3, 0.4) is 0 Å². The molecule has 4 heteroatoms. The normalized spacial score (nSPS) is 12.2. The Labute approximate surface area is 275 Å². The molecule has 0 spiro atoms. The molecule has 0 aliphatic carbocycles. The van der Waals surface area contributed by atoms with E-state index in [4.69, 9.17) is 4.74 Å². The van der Waals surface area contributed by atoms with Gasteiger partial charge in [-0.2, -0.15) is 0 Å². The monoisotopic (exact) mass is 621 g/mol. The van der Waals surface area contributed by atoms with Crippen molar-refractivity contribution in [1.29, 1.82) is 0 Å². The second-order valence-electron chi connectivity index (χ2n) is 13.5. The van der Waals surface area contributed by atoms with E-state index in [1.54, 1.807) is 0 Å². The van der Waals surface area contributed by atoms with Crippen molar-refractivity contribution in [3.05, 3.63) is 12.2 Å². The number of unbranched alkanes of at least 4 members (excludes halogenated alkanes) is 28. The minimum Gasteiger partial charge on any atom is -0.479 e. The Balaban J connectivity index is 3.53. The Morgan fingerprint density at radius 3 is 1.16 bits per heavy atom. The van der Waals surface area contributed by atoms with E-state index in [1.165, 1.54) is 161 Å². The highest BCUT2D eigenvalue weighted by Gasteiger charge is 2.21. The molecule has 0 amide bonds. The summed E-state index contributed by atoms with van der Waals surface area (Å²) in [7, 11) is 0. The lowest BCUT2D eigenvalue weighted by atomic mass is 10.0. The number of hydrogen-bond acceptors (Lipinski definition) is 3. The third-order valence-corrected chi connectivity index (χ3v) is 9.01. The maximum absolute atomic E-state index is 12.2. The van der Waals surface area contributed by atoms with Crippen LogP contribution in [0.2, 0.25) is 0 Å². The van der Waals surface area contributed by atoms with Crippen molar-refractivity contribution < 1.29 is 19.4 Å². The standard InChI is InChI=1S/C40H76O4/c1-3-5-7-9-11-13-15-17-19-21-23-25-27-29-31-33-35-37-39(41)44-38(40(42)43)36-34-32-30-28-26-24-22-20-18-16-14-12-10-8-6-4-2/h17,19,38H,3-16,18,20-37H2,1-2H3,(H,42,43)/b19-17-. The van der Waals surface area contributed by atoms with Crippen LogP contribution < -0.4 is 0 Å². The van der Waals surface area contributed by atoms with Crippen LogP contribution in [0.4, 0.5) is 0 Å². The van der Waals surface area contributed by atoms with Gasteiger partial charge < -0.3 is 9.84 Å². The molecule has 0 saturated heterocycles. The molecule has 0 bridgehead atoms. The summed E-state index contributed by atoms with van der Waals surface area (Å²) in [5.74, 6) is -1.35. The molecule has 1 atom stereocenters. The average Bonchev–Trinajstić information content (AvgIpc) is 3.01. The van der Waals surface area contributed by atoms with Crippen LogP contribution in [-0.4, -0.2) is 23.1 Å². The van der Waals surface area contributed by atoms with Crippen molar-refractivity contribution in [3.63, 3.8) is 0 Å². The molecule has 4 nitrogen and oxygen atoms in total. The van der Waals surface area contributed by atoms with E-state index < -0.39 is 12.1 Å². The lowest BCUT2D eigenvalue weighted by Crippen LogP contribution is -2.27. The van der Waals surface area contributed by atoms with E-state index in [-0.39, 0.29) is 5.97 Å². The van der Waals surface area contributed by atoms with Crippen LogP contribution in [0, 0.1) is 0 Å². The van der Waals surface area contributed by atoms with E-state index in [0.29, 0.717) is 12.8 Å². The number of carboxylic acids is 1. The molecule has 0 aromatic rings. The molecule has 0 rings (SSSR count). The topological polar surface area (TPSA) is 63.6 Å². The van der Waals surface area contributed by atoms with E-state index in [0.717, 1.165) is 38.5 Å². The van der Waals surface area contributed by atoms with E-state index in [2.05, 4.69) is 26.0 Å². The maximum atomic E-state index is 12.2. The number of aliphatic carboxylic acids is 1. The summed E-state index contributed by atoms with van der Waals surface area (Å²) < 4.78 is 5.32. The first-order valence-corrected chi connectivity index (χ1v) is 19.7. The predicted octanol–water partition coefficient (Wildman–Crippen LogP) is 13.5. The second-order valence-corrected chi connectivity index (χ2v) is 13.5. The smallest absolute Gasteiger partial charge is 0.345 e. The van der Waals surface area contributed by atoms with Gasteiger partial charge in [0.1, 0.15) is 0 Å². The zero-order chi connectivity index (χ0) is 32.2. The molecule has 1 unspecified atom stereocenters. The number of carbonyl (C=O) groups is 2. The fourth-order valence-electron chi connectivity index (χ4n) is 6.02. The molecular weight excluding hydrogens is 544 g/mol. The fraction of sp³-hybridized carbons (Fsp3) is 0.900. The SMILES string of the molecule is CCCCCCCC/C=C\CCCCCCCCCC(=O)OC(CCCCCCCCCCCCCCCCCC)C(=O)O. The summed E-state index contributed by atoms with van der Waals surface area (Å²) in [5.41, 5.74) is 0. The van der Waals surface area contributed by atoms with Crippen LogP contribution in [0.25, 0.3) is 0 Å². The Morgan fingerprint density at radius 1 is 0.477 bits per heavy atom. The van der Waals surface area contributed by atoms with Gasteiger partial charge in [0, 0.05) is 6.42 Å². The molecule has 0 saturated carbocycles. The molecule has 1 N–H and O–H groups in total. The number of esters is 1. The zero-order valence-electron chi connectivity index (χ0n) is 29.7. The third kappa shape index (κ3) is 33.6. The summed E-state index contributed by atoms with van der Waals surface area (Å²) in [4.78, 5) is 23.8. The molecule has 0 aliphatic heterocycles. The van der Waals surface area contributed by atoms with Crippen LogP contribution in [0.15, 0.2) is 12.2 Å². The highest BCUT2D eigenvalue weighted by molar-refractivity contribution is 5.77. The number of hydrogen-bond donors (Lipinski definition) is 1. The summed E-state index contributed by atoms with van der Waals surface area (Å²) >= 11 is 0. The van der Waals surface area contributed by atoms with Gasteiger partial charge in [-0.1, -0.05) is 187 Å². The first-order valence-electron chi connectivity index (χ1n) is 19.7. The lowest BCUT2D eigenvalue weighted by molar-refractivity contribution is -0.164. The first kappa shape index (κ1) is 42.7. The van der Waals surface area contributed by atoms with E-state index in [9.17, 15) is 14.7 Å². The number of allylic oxidation sites excluding steroid dienone is 2. The molecule has 0 radical (unpaired) electrons. The van der Waals surface area contributed by atoms with Crippen molar-refractivity contribution in [2.75, 3.05) is 0 Å². The maximum Gasteiger partial charge on any atom is 0.345 e. The number of carboxylic acid groups (broad SMARTS) is 1. The van der Waals surface area contributed by atoms with Crippen molar-refractivity contribution >= 4 is 11.9 Å². The second kappa shape index (κ2) is 36.2. The predicted molar refractivity (Wildman–Crippen MR) is 190 cm³/mol. The minimum absolute atomic E-state index is 0.339. The molecule has 0 aromatic heterocycles. The molecule has 260 valence electrons. The molecule has 0 fully saturated rings. The van der Waals surface area contributed by atoms with Crippen molar-refractivity contribution in [3.8, 4) is 0 Å². The zero-order valence-corrected chi connectivity index (χ0v) is 29.7. The van der Waals surface area contributed by atoms with Crippen LogP contribution in [0.5, 0.6) is 0 Å². The summed E-state index contributed by atoms with van der Waals surface area (Å²) in [6, 6.07) is 0. The van der Waals surface area contributed by atoms with E-state index in [1.807, 2.05) is 0 Å². The summed E-state index contributed by atoms with van der Waals surface area (Å²) in [6.45, 7) is 4.54. The van der Waals surface area contributed by atoms with Gasteiger partial charge in [-0.15, -0.1) is 0 Å². The minimum atomic E-state index is -1.00. The number of rotatable bonds is 36. The molecular formula is C40H76O4.